The number of nitro groups is 1. The Bertz CT molecular complexity index is 699. The maximum atomic E-state index is 12.2. The van der Waals surface area contributed by atoms with E-state index in [-0.39, 0.29) is 18.7 Å². The Hall–Kier alpha value is -2.93. The van der Waals surface area contributed by atoms with Crippen molar-refractivity contribution in [1.82, 2.24) is 0 Å². The van der Waals surface area contributed by atoms with Crippen LogP contribution in [0, 0.1) is 27.9 Å². The van der Waals surface area contributed by atoms with Gasteiger partial charge in [0.15, 0.2) is 5.78 Å². The molecule has 110 valence electrons. The van der Waals surface area contributed by atoms with Crippen LogP contribution in [0.25, 0.3) is 0 Å². The molecule has 0 saturated heterocycles. The van der Waals surface area contributed by atoms with Crippen LogP contribution in [0.5, 0.6) is 0 Å². The van der Waals surface area contributed by atoms with Crippen LogP contribution >= 0.6 is 0 Å². The molecular weight excluding hydrogens is 278 g/mol. The van der Waals surface area contributed by atoms with E-state index in [0.717, 1.165) is 5.56 Å². The molecule has 0 spiro atoms. The molecule has 0 fully saturated rings. The first kappa shape index (κ1) is 15.5. The number of hydrogen-bond acceptors (Lipinski definition) is 3. The molecule has 0 N–H and O–H groups in total. The number of nitrogens with zero attached hydrogens (tertiary/aromatic N) is 1. The first-order valence-electron chi connectivity index (χ1n) is 6.92. The van der Waals surface area contributed by atoms with Gasteiger partial charge in [0.2, 0.25) is 6.54 Å². The molecule has 0 saturated carbocycles. The number of benzene rings is 2. The lowest BCUT2D eigenvalue weighted by Crippen LogP contribution is -2.17. The van der Waals surface area contributed by atoms with Crippen molar-refractivity contribution in [1.29, 1.82) is 0 Å². The van der Waals surface area contributed by atoms with Gasteiger partial charge in [-0.25, -0.2) is 0 Å². The summed E-state index contributed by atoms with van der Waals surface area (Å²) in [7, 11) is 0. The van der Waals surface area contributed by atoms with Gasteiger partial charge in [0.05, 0.1) is 5.92 Å². The highest BCUT2D eigenvalue weighted by atomic mass is 16.6. The fourth-order valence-electron chi connectivity index (χ4n) is 2.01. The first-order valence-corrected chi connectivity index (χ1v) is 6.92. The average molecular weight is 293 g/mol. The minimum absolute atomic E-state index is 0.0465. The van der Waals surface area contributed by atoms with Gasteiger partial charge >= 0.3 is 0 Å². The largest absolute Gasteiger partial charge is 0.294 e. The molecule has 0 aliphatic heterocycles. The van der Waals surface area contributed by atoms with E-state index in [2.05, 4.69) is 11.8 Å². The van der Waals surface area contributed by atoms with Gasteiger partial charge in [-0.15, -0.1) is 0 Å². The molecule has 4 nitrogen and oxygen atoms in total. The monoisotopic (exact) mass is 293 g/mol. The van der Waals surface area contributed by atoms with E-state index in [4.69, 9.17) is 0 Å². The normalized spacial score (nSPS) is 11.1. The number of ketones is 1. The van der Waals surface area contributed by atoms with Gasteiger partial charge in [0.25, 0.3) is 0 Å². The van der Waals surface area contributed by atoms with Crippen LogP contribution in [0.3, 0.4) is 0 Å². The smallest absolute Gasteiger partial charge is 0.217 e. The summed E-state index contributed by atoms with van der Waals surface area (Å²) in [6.45, 7) is -0.335. The van der Waals surface area contributed by atoms with Crippen LogP contribution < -0.4 is 0 Å². The summed E-state index contributed by atoms with van der Waals surface area (Å²) in [5.41, 5.74) is 1.33. The Morgan fingerprint density at radius 1 is 1.05 bits per heavy atom. The van der Waals surface area contributed by atoms with E-state index in [1.807, 2.05) is 36.4 Å². The summed E-state index contributed by atoms with van der Waals surface area (Å²) < 4.78 is 0. The van der Waals surface area contributed by atoms with Gasteiger partial charge in [0, 0.05) is 22.5 Å². The summed E-state index contributed by atoms with van der Waals surface area (Å²) >= 11 is 0. The highest BCUT2D eigenvalue weighted by molar-refractivity contribution is 5.96. The van der Waals surface area contributed by atoms with Crippen molar-refractivity contribution in [2.75, 3.05) is 6.54 Å². The zero-order valence-electron chi connectivity index (χ0n) is 11.9. The van der Waals surface area contributed by atoms with Gasteiger partial charge < -0.3 is 0 Å². The summed E-state index contributed by atoms with van der Waals surface area (Å²) in [5, 5.41) is 10.8. The predicted molar refractivity (Wildman–Crippen MR) is 84.1 cm³/mol. The third-order valence-corrected chi connectivity index (χ3v) is 3.09. The lowest BCUT2D eigenvalue weighted by atomic mass is 9.98. The maximum Gasteiger partial charge on any atom is 0.217 e. The van der Waals surface area contributed by atoms with Crippen LogP contribution in [0.15, 0.2) is 60.7 Å². The van der Waals surface area contributed by atoms with Crippen molar-refractivity contribution < 1.29 is 9.72 Å². The summed E-state index contributed by atoms with van der Waals surface area (Å²) in [4.78, 5) is 22.5. The number of carbonyl (C=O) groups is 1. The third-order valence-electron chi connectivity index (χ3n) is 3.09. The van der Waals surface area contributed by atoms with E-state index in [9.17, 15) is 14.9 Å². The molecule has 22 heavy (non-hydrogen) atoms. The van der Waals surface area contributed by atoms with Gasteiger partial charge in [-0.2, -0.15) is 0 Å². The predicted octanol–water partition coefficient (Wildman–Crippen LogP) is 3.20. The summed E-state index contributed by atoms with van der Waals surface area (Å²) in [6.07, 6.45) is 0.0465. The molecule has 0 aliphatic carbocycles. The Morgan fingerprint density at radius 3 is 2.23 bits per heavy atom. The van der Waals surface area contributed by atoms with Crippen molar-refractivity contribution in [3.63, 3.8) is 0 Å². The van der Waals surface area contributed by atoms with Crippen LogP contribution in [-0.4, -0.2) is 17.3 Å². The second-order valence-electron chi connectivity index (χ2n) is 4.84. The van der Waals surface area contributed by atoms with Crippen LogP contribution in [0.2, 0.25) is 0 Å². The van der Waals surface area contributed by atoms with Gasteiger partial charge in [-0.05, 0) is 12.1 Å². The van der Waals surface area contributed by atoms with E-state index in [0.29, 0.717) is 5.56 Å². The number of rotatable bonds is 5. The maximum absolute atomic E-state index is 12.2. The minimum atomic E-state index is -0.595. The zero-order chi connectivity index (χ0) is 15.8. The molecule has 0 aromatic heterocycles. The molecular formula is C18H15NO3. The molecule has 0 aliphatic rings. The quantitative estimate of drug-likeness (QED) is 0.368. The van der Waals surface area contributed by atoms with Crippen molar-refractivity contribution in [3.05, 3.63) is 81.9 Å². The molecule has 0 amide bonds. The minimum Gasteiger partial charge on any atom is -0.294 e. The van der Waals surface area contributed by atoms with Gasteiger partial charge in [-0.3, -0.25) is 14.9 Å². The van der Waals surface area contributed by atoms with E-state index >= 15 is 0 Å². The van der Waals surface area contributed by atoms with Gasteiger partial charge in [0.1, 0.15) is 0 Å². The number of carbonyl (C=O) groups excluding carboxylic acids is 1. The van der Waals surface area contributed by atoms with E-state index in [1.54, 1.807) is 24.3 Å². The standard InChI is InChI=1S/C18H15NO3/c20-18(17-9-5-2-6-10-17)13-16(14-19(21)22)12-11-15-7-3-1-4-8-15/h1-10,16H,13-14H2/t16-/m1/s1. The Labute approximate surface area is 128 Å². The lowest BCUT2D eigenvalue weighted by Gasteiger charge is -2.05. The molecule has 1 atom stereocenters. The molecule has 0 unspecified atom stereocenters. The highest BCUT2D eigenvalue weighted by Gasteiger charge is 2.18. The van der Waals surface area contributed by atoms with Crippen molar-refractivity contribution >= 4 is 5.78 Å². The number of Topliss-reactive ketones (excluding diaryl/α,β-unsaturated/α-hetero) is 1. The molecule has 0 bridgehead atoms. The van der Waals surface area contributed by atoms with Gasteiger partial charge in [-0.1, -0.05) is 60.4 Å². The van der Waals surface area contributed by atoms with Crippen LogP contribution in [0.4, 0.5) is 0 Å². The zero-order valence-corrected chi connectivity index (χ0v) is 11.9. The second kappa shape index (κ2) is 7.75. The lowest BCUT2D eigenvalue weighted by molar-refractivity contribution is -0.485. The second-order valence-corrected chi connectivity index (χ2v) is 4.84. The van der Waals surface area contributed by atoms with Crippen molar-refractivity contribution in [3.8, 4) is 11.8 Å². The van der Waals surface area contributed by atoms with Crippen LogP contribution in [0.1, 0.15) is 22.3 Å². The highest BCUT2D eigenvalue weighted by Crippen LogP contribution is 2.10. The van der Waals surface area contributed by atoms with Crippen molar-refractivity contribution in [2.45, 2.75) is 6.42 Å². The third kappa shape index (κ3) is 4.88. The first-order chi connectivity index (χ1) is 10.6. The topological polar surface area (TPSA) is 60.2 Å². The van der Waals surface area contributed by atoms with Crippen LogP contribution in [-0.2, 0) is 0 Å². The molecule has 0 heterocycles. The summed E-state index contributed by atoms with van der Waals surface area (Å²) in [5.74, 6) is 5.03. The molecule has 2 aromatic carbocycles. The fourth-order valence-corrected chi connectivity index (χ4v) is 2.01. The Morgan fingerprint density at radius 2 is 1.64 bits per heavy atom. The fraction of sp³-hybridized carbons (Fsp3) is 0.167. The van der Waals surface area contributed by atoms with Crippen molar-refractivity contribution in [2.24, 2.45) is 5.92 Å². The summed E-state index contributed by atoms with van der Waals surface area (Å²) in [6, 6.07) is 18.0. The number of hydrogen-bond donors (Lipinski definition) is 0. The van der Waals surface area contributed by atoms with E-state index in [1.165, 1.54) is 0 Å². The molecule has 2 aromatic rings. The Balaban J connectivity index is 2.12. The van der Waals surface area contributed by atoms with E-state index < -0.39 is 10.8 Å². The molecule has 0 radical (unpaired) electrons. The SMILES string of the molecule is O=C(C[C@@H](C#Cc1ccccc1)C[N+](=O)[O-])c1ccccc1. The Kier molecular flexibility index (Phi) is 5.44. The molecule has 2 rings (SSSR count). The molecule has 4 heteroatoms. The average Bonchev–Trinajstić information content (AvgIpc) is 2.54.